The first-order valence-electron chi connectivity index (χ1n) is 5.01. The predicted molar refractivity (Wildman–Crippen MR) is 53.8 cm³/mol. The standard InChI is InChI=1S/C10H14N2O3/c13-10(14)9-2-1-8(15-9)7-12-5-3-11-4-6-12/h1-2,11H,3-7H2,(H,13,14). The average molecular weight is 210 g/mol. The number of aromatic carboxylic acids is 1. The summed E-state index contributed by atoms with van der Waals surface area (Å²) in [5.41, 5.74) is 0. The van der Waals surface area contributed by atoms with Crippen molar-refractivity contribution in [2.75, 3.05) is 26.2 Å². The Morgan fingerprint density at radius 3 is 2.80 bits per heavy atom. The lowest BCUT2D eigenvalue weighted by Gasteiger charge is -2.26. The van der Waals surface area contributed by atoms with E-state index in [0.29, 0.717) is 12.3 Å². The minimum atomic E-state index is -1.01. The number of furan rings is 1. The number of carboxylic acid groups (broad SMARTS) is 1. The van der Waals surface area contributed by atoms with E-state index in [-0.39, 0.29) is 5.76 Å². The first kappa shape index (κ1) is 10.2. The van der Waals surface area contributed by atoms with E-state index < -0.39 is 5.97 Å². The minimum absolute atomic E-state index is 0.0140. The van der Waals surface area contributed by atoms with Gasteiger partial charge in [0.15, 0.2) is 0 Å². The second-order valence-corrected chi connectivity index (χ2v) is 3.60. The molecule has 1 fully saturated rings. The van der Waals surface area contributed by atoms with Crippen molar-refractivity contribution in [1.82, 2.24) is 10.2 Å². The van der Waals surface area contributed by atoms with Crippen molar-refractivity contribution in [2.45, 2.75) is 6.54 Å². The highest BCUT2D eigenvalue weighted by Gasteiger charge is 2.13. The molecule has 0 radical (unpaired) electrons. The van der Waals surface area contributed by atoms with Crippen LogP contribution in [0.4, 0.5) is 0 Å². The number of piperazine rings is 1. The summed E-state index contributed by atoms with van der Waals surface area (Å²) in [6, 6.07) is 3.23. The number of carboxylic acids is 1. The molecule has 1 aromatic heterocycles. The zero-order valence-electron chi connectivity index (χ0n) is 8.40. The maximum Gasteiger partial charge on any atom is 0.371 e. The summed E-state index contributed by atoms with van der Waals surface area (Å²) in [7, 11) is 0. The molecule has 5 nitrogen and oxygen atoms in total. The molecule has 0 aliphatic carbocycles. The first-order chi connectivity index (χ1) is 7.25. The summed E-state index contributed by atoms with van der Waals surface area (Å²) in [4.78, 5) is 12.8. The third-order valence-corrected chi connectivity index (χ3v) is 2.46. The molecule has 5 heteroatoms. The molecule has 1 aromatic rings. The topological polar surface area (TPSA) is 65.7 Å². The number of nitrogens with zero attached hydrogens (tertiary/aromatic N) is 1. The number of rotatable bonds is 3. The Morgan fingerprint density at radius 2 is 2.20 bits per heavy atom. The molecule has 0 atom stereocenters. The summed E-state index contributed by atoms with van der Waals surface area (Å²) in [5.74, 6) is -0.281. The lowest BCUT2D eigenvalue weighted by molar-refractivity contribution is 0.0658. The van der Waals surface area contributed by atoms with E-state index in [2.05, 4.69) is 10.2 Å². The van der Waals surface area contributed by atoms with Gasteiger partial charge < -0.3 is 14.8 Å². The van der Waals surface area contributed by atoms with Crippen LogP contribution in [0.15, 0.2) is 16.5 Å². The van der Waals surface area contributed by atoms with Gasteiger partial charge >= 0.3 is 5.97 Å². The fourth-order valence-electron chi connectivity index (χ4n) is 1.67. The maximum atomic E-state index is 10.6. The predicted octanol–water partition coefficient (Wildman–Crippen LogP) is 0.383. The van der Waals surface area contributed by atoms with Gasteiger partial charge in [0.2, 0.25) is 5.76 Å². The van der Waals surface area contributed by atoms with Gasteiger partial charge in [0.05, 0.1) is 6.54 Å². The van der Waals surface area contributed by atoms with Gasteiger partial charge in [0, 0.05) is 26.2 Å². The highest BCUT2D eigenvalue weighted by molar-refractivity contribution is 5.84. The Kier molecular flexibility index (Phi) is 3.03. The van der Waals surface area contributed by atoms with Crippen molar-refractivity contribution in [3.8, 4) is 0 Å². The van der Waals surface area contributed by atoms with Crippen LogP contribution in [0.5, 0.6) is 0 Å². The quantitative estimate of drug-likeness (QED) is 0.755. The summed E-state index contributed by atoms with van der Waals surface area (Å²) in [6.45, 7) is 4.60. The molecular formula is C10H14N2O3. The van der Waals surface area contributed by atoms with Crippen molar-refractivity contribution >= 4 is 5.97 Å². The fourth-order valence-corrected chi connectivity index (χ4v) is 1.67. The van der Waals surface area contributed by atoms with Gasteiger partial charge in [-0.05, 0) is 12.1 Å². The first-order valence-corrected chi connectivity index (χ1v) is 5.01. The van der Waals surface area contributed by atoms with E-state index in [1.807, 2.05) is 0 Å². The molecule has 0 aromatic carbocycles. The molecule has 2 N–H and O–H groups in total. The van der Waals surface area contributed by atoms with Gasteiger partial charge in [-0.15, -0.1) is 0 Å². The van der Waals surface area contributed by atoms with Crippen LogP contribution < -0.4 is 5.32 Å². The van der Waals surface area contributed by atoms with Crippen molar-refractivity contribution in [3.63, 3.8) is 0 Å². The van der Waals surface area contributed by atoms with Gasteiger partial charge in [0.25, 0.3) is 0 Å². The van der Waals surface area contributed by atoms with Gasteiger partial charge in [-0.3, -0.25) is 4.90 Å². The molecule has 15 heavy (non-hydrogen) atoms. The lowest BCUT2D eigenvalue weighted by Crippen LogP contribution is -2.42. The molecular weight excluding hydrogens is 196 g/mol. The van der Waals surface area contributed by atoms with Crippen LogP contribution in [0.1, 0.15) is 16.3 Å². The summed E-state index contributed by atoms with van der Waals surface area (Å²) in [5, 5.41) is 11.9. The van der Waals surface area contributed by atoms with E-state index in [1.54, 1.807) is 6.07 Å². The molecule has 1 aliphatic rings. The Labute approximate surface area is 87.7 Å². The second kappa shape index (κ2) is 4.46. The SMILES string of the molecule is O=C(O)c1ccc(CN2CCNCC2)o1. The van der Waals surface area contributed by atoms with Gasteiger partial charge in [-0.1, -0.05) is 0 Å². The van der Waals surface area contributed by atoms with Crippen LogP contribution in [0.25, 0.3) is 0 Å². The number of hydrogen-bond acceptors (Lipinski definition) is 4. The smallest absolute Gasteiger partial charge is 0.371 e. The molecule has 1 saturated heterocycles. The zero-order chi connectivity index (χ0) is 10.7. The van der Waals surface area contributed by atoms with Crippen LogP contribution in [0.2, 0.25) is 0 Å². The highest BCUT2D eigenvalue weighted by Crippen LogP contribution is 2.10. The molecule has 0 amide bonds. The molecule has 0 bridgehead atoms. The average Bonchev–Trinajstić information content (AvgIpc) is 2.68. The maximum absolute atomic E-state index is 10.6. The van der Waals surface area contributed by atoms with Crippen LogP contribution in [0.3, 0.4) is 0 Å². The zero-order valence-corrected chi connectivity index (χ0v) is 8.40. The molecule has 0 spiro atoms. The normalized spacial score (nSPS) is 17.9. The monoisotopic (exact) mass is 210 g/mol. The Hall–Kier alpha value is -1.33. The largest absolute Gasteiger partial charge is 0.475 e. The summed E-state index contributed by atoms with van der Waals surface area (Å²) >= 11 is 0. The summed E-state index contributed by atoms with van der Waals surface area (Å²) < 4.78 is 5.19. The number of hydrogen-bond donors (Lipinski definition) is 2. The third kappa shape index (κ3) is 2.57. The third-order valence-electron chi connectivity index (χ3n) is 2.46. The van der Waals surface area contributed by atoms with E-state index in [9.17, 15) is 4.79 Å². The molecule has 2 heterocycles. The van der Waals surface area contributed by atoms with E-state index in [4.69, 9.17) is 9.52 Å². The molecule has 82 valence electrons. The van der Waals surface area contributed by atoms with E-state index in [1.165, 1.54) is 6.07 Å². The number of nitrogens with one attached hydrogen (secondary N) is 1. The minimum Gasteiger partial charge on any atom is -0.475 e. The molecule has 0 unspecified atom stereocenters. The van der Waals surface area contributed by atoms with Crippen LogP contribution in [0, 0.1) is 0 Å². The Morgan fingerprint density at radius 1 is 1.47 bits per heavy atom. The van der Waals surface area contributed by atoms with E-state index >= 15 is 0 Å². The molecule has 0 saturated carbocycles. The van der Waals surface area contributed by atoms with Crippen molar-refractivity contribution < 1.29 is 14.3 Å². The molecule has 2 rings (SSSR count). The lowest BCUT2D eigenvalue weighted by atomic mass is 10.3. The van der Waals surface area contributed by atoms with Crippen molar-refractivity contribution in [3.05, 3.63) is 23.7 Å². The van der Waals surface area contributed by atoms with Gasteiger partial charge in [-0.2, -0.15) is 0 Å². The van der Waals surface area contributed by atoms with Crippen molar-refractivity contribution in [2.24, 2.45) is 0 Å². The van der Waals surface area contributed by atoms with E-state index in [0.717, 1.165) is 26.2 Å². The summed E-state index contributed by atoms with van der Waals surface area (Å²) in [6.07, 6.45) is 0. The Bertz CT molecular complexity index is 342. The van der Waals surface area contributed by atoms with Crippen LogP contribution >= 0.6 is 0 Å². The van der Waals surface area contributed by atoms with Crippen LogP contribution in [-0.4, -0.2) is 42.2 Å². The fraction of sp³-hybridized carbons (Fsp3) is 0.500. The molecule has 1 aliphatic heterocycles. The number of carbonyl (C=O) groups is 1. The van der Waals surface area contributed by atoms with Crippen molar-refractivity contribution in [1.29, 1.82) is 0 Å². The van der Waals surface area contributed by atoms with Gasteiger partial charge in [0.1, 0.15) is 5.76 Å². The Balaban J connectivity index is 1.94. The van der Waals surface area contributed by atoms with Crippen LogP contribution in [-0.2, 0) is 6.54 Å². The van der Waals surface area contributed by atoms with Gasteiger partial charge in [-0.25, -0.2) is 4.79 Å². The second-order valence-electron chi connectivity index (χ2n) is 3.60. The highest BCUT2D eigenvalue weighted by atomic mass is 16.4.